The van der Waals surface area contributed by atoms with Crippen LogP contribution in [0.4, 0.5) is 0 Å². The molecule has 2 N–H and O–H groups in total. The van der Waals surface area contributed by atoms with Gasteiger partial charge in [0.15, 0.2) is 0 Å². The van der Waals surface area contributed by atoms with Crippen molar-refractivity contribution in [3.05, 3.63) is 71.8 Å². The van der Waals surface area contributed by atoms with Crippen LogP contribution in [0.3, 0.4) is 0 Å². The Bertz CT molecular complexity index is 1140. The molecule has 0 heterocycles. The summed E-state index contributed by atoms with van der Waals surface area (Å²) in [6.07, 6.45) is -0.559. The summed E-state index contributed by atoms with van der Waals surface area (Å²) in [6.45, 7) is 16.9. The van der Waals surface area contributed by atoms with Crippen LogP contribution in [0.1, 0.15) is 58.1 Å². The molecular weight excluding hydrogens is 556 g/mol. The van der Waals surface area contributed by atoms with Gasteiger partial charge in [0.05, 0.1) is 38.6 Å². The summed E-state index contributed by atoms with van der Waals surface area (Å²) >= 11 is 0. The van der Waals surface area contributed by atoms with Gasteiger partial charge in [-0.05, 0) is 46.2 Å². The maximum Gasteiger partial charge on any atom is 0.338 e. The number of ether oxygens (including phenoxy) is 6. The van der Waals surface area contributed by atoms with Crippen molar-refractivity contribution >= 4 is 11.9 Å². The largest absolute Gasteiger partial charge is 0.491 e. The maximum absolute atomic E-state index is 12.2. The van der Waals surface area contributed by atoms with E-state index in [-0.39, 0.29) is 56.7 Å². The van der Waals surface area contributed by atoms with Gasteiger partial charge in [-0.15, -0.1) is 0 Å². The van der Waals surface area contributed by atoms with Crippen molar-refractivity contribution in [1.29, 1.82) is 0 Å². The van der Waals surface area contributed by atoms with E-state index < -0.39 is 24.1 Å². The van der Waals surface area contributed by atoms with Gasteiger partial charge in [0.25, 0.3) is 0 Å². The first-order valence-corrected chi connectivity index (χ1v) is 14.2. The predicted molar refractivity (Wildman–Crippen MR) is 162 cm³/mol. The molecule has 0 aliphatic rings. The average Bonchev–Trinajstić information content (AvgIpc) is 2.94. The zero-order valence-corrected chi connectivity index (χ0v) is 25.7. The standard InChI is InChI=1S/C33H44O10/c1-8-27(28-11-9-25(42-32(36)21(2)3)17-30(28)40-15-13-38-19-23(6)34)29-12-10-26(43-33(37)22(4)5)18-31(29)41-16-14-39-20-24(7)35/h9-12,17-18,23-24,27,34-35H,2,4,8,13-16,19-20H2,1,3,5-7H3. The Kier molecular flexibility index (Phi) is 14.9. The van der Waals surface area contributed by atoms with Gasteiger partial charge in [-0.2, -0.15) is 0 Å². The van der Waals surface area contributed by atoms with Gasteiger partial charge in [-0.1, -0.05) is 32.2 Å². The van der Waals surface area contributed by atoms with E-state index in [0.717, 1.165) is 11.1 Å². The maximum atomic E-state index is 12.2. The Balaban J connectivity index is 2.45. The Morgan fingerprint density at radius 1 is 0.721 bits per heavy atom. The number of carbonyl (C=O) groups is 2. The molecule has 2 aromatic rings. The van der Waals surface area contributed by atoms with E-state index in [0.29, 0.717) is 29.4 Å². The van der Waals surface area contributed by atoms with Crippen LogP contribution in [0.5, 0.6) is 23.0 Å². The van der Waals surface area contributed by atoms with E-state index in [1.807, 2.05) is 19.1 Å². The van der Waals surface area contributed by atoms with Crippen molar-refractivity contribution in [3.63, 3.8) is 0 Å². The number of esters is 2. The van der Waals surface area contributed by atoms with Gasteiger partial charge < -0.3 is 38.6 Å². The van der Waals surface area contributed by atoms with Crippen LogP contribution < -0.4 is 18.9 Å². The Hall–Kier alpha value is -3.70. The zero-order valence-electron chi connectivity index (χ0n) is 25.7. The normalized spacial score (nSPS) is 13.0. The molecule has 2 unspecified atom stereocenters. The lowest BCUT2D eigenvalue weighted by Crippen LogP contribution is -2.16. The SMILES string of the molecule is C=C(C)C(=O)Oc1ccc(C(CC)c2ccc(OC(=O)C(=C)C)cc2OCCOCC(C)O)c(OCCOCC(C)O)c1. The molecule has 0 aliphatic carbocycles. The van der Waals surface area contributed by atoms with Gasteiger partial charge in [0.2, 0.25) is 0 Å². The third kappa shape index (κ3) is 12.2. The third-order valence-corrected chi connectivity index (χ3v) is 5.94. The molecule has 43 heavy (non-hydrogen) atoms. The van der Waals surface area contributed by atoms with E-state index in [2.05, 4.69) is 13.2 Å². The Labute approximate surface area is 253 Å². The fourth-order valence-corrected chi connectivity index (χ4v) is 3.91. The van der Waals surface area contributed by atoms with Gasteiger partial charge in [-0.3, -0.25) is 0 Å². The van der Waals surface area contributed by atoms with Crippen molar-refractivity contribution in [1.82, 2.24) is 0 Å². The summed E-state index contributed by atoms with van der Waals surface area (Å²) < 4.78 is 34.0. The first-order chi connectivity index (χ1) is 20.4. The summed E-state index contributed by atoms with van der Waals surface area (Å²) in [5.74, 6) is 0.185. The zero-order chi connectivity index (χ0) is 31.9. The molecule has 0 saturated heterocycles. The lowest BCUT2D eigenvalue weighted by atomic mass is 9.87. The van der Waals surface area contributed by atoms with Crippen molar-refractivity contribution < 1.29 is 48.2 Å². The molecule has 0 aromatic heterocycles. The molecule has 2 rings (SSSR count). The topological polar surface area (TPSA) is 130 Å². The minimum Gasteiger partial charge on any atom is -0.491 e. The van der Waals surface area contributed by atoms with Crippen molar-refractivity contribution in [3.8, 4) is 23.0 Å². The quantitative estimate of drug-likeness (QED) is 0.101. The second-order valence-corrected chi connectivity index (χ2v) is 10.2. The number of hydrogen-bond acceptors (Lipinski definition) is 10. The highest BCUT2D eigenvalue weighted by Crippen LogP contribution is 2.41. The van der Waals surface area contributed by atoms with Crippen molar-refractivity contribution in [2.45, 2.75) is 59.2 Å². The first kappa shape index (κ1) is 35.5. The number of carbonyl (C=O) groups excluding carboxylic acids is 2. The summed E-state index contributed by atoms with van der Waals surface area (Å²) in [5, 5.41) is 18.9. The highest BCUT2D eigenvalue weighted by atomic mass is 16.6. The summed E-state index contributed by atoms with van der Waals surface area (Å²) in [5.41, 5.74) is 2.12. The fraction of sp³-hybridized carbons (Fsp3) is 0.455. The molecule has 2 aromatic carbocycles. The lowest BCUT2D eigenvalue weighted by molar-refractivity contribution is -0.130. The molecule has 0 saturated carbocycles. The minimum atomic E-state index is -0.599. The van der Waals surface area contributed by atoms with E-state index in [1.165, 1.54) is 0 Å². The second-order valence-electron chi connectivity index (χ2n) is 10.2. The molecule has 0 bridgehead atoms. The number of aliphatic hydroxyl groups is 2. The first-order valence-electron chi connectivity index (χ1n) is 14.2. The summed E-state index contributed by atoms with van der Waals surface area (Å²) in [4.78, 5) is 24.3. The fourth-order valence-electron chi connectivity index (χ4n) is 3.91. The summed E-state index contributed by atoms with van der Waals surface area (Å²) in [6, 6.07) is 10.3. The van der Waals surface area contributed by atoms with Crippen LogP contribution in [0.25, 0.3) is 0 Å². The number of benzene rings is 2. The number of hydrogen-bond donors (Lipinski definition) is 2. The van der Waals surface area contributed by atoms with Crippen molar-refractivity contribution in [2.24, 2.45) is 0 Å². The molecule has 0 radical (unpaired) electrons. The molecule has 0 fully saturated rings. The van der Waals surface area contributed by atoms with E-state index in [1.54, 1.807) is 52.0 Å². The van der Waals surface area contributed by atoms with Crippen LogP contribution >= 0.6 is 0 Å². The van der Waals surface area contributed by atoms with Crippen LogP contribution in [0.2, 0.25) is 0 Å². The van der Waals surface area contributed by atoms with Gasteiger partial charge in [-0.25, -0.2) is 9.59 Å². The molecule has 0 spiro atoms. The van der Waals surface area contributed by atoms with Gasteiger partial charge >= 0.3 is 11.9 Å². The van der Waals surface area contributed by atoms with E-state index >= 15 is 0 Å². The second kappa shape index (κ2) is 18.1. The Morgan fingerprint density at radius 2 is 1.12 bits per heavy atom. The molecule has 236 valence electrons. The molecule has 10 heteroatoms. The van der Waals surface area contributed by atoms with E-state index in [9.17, 15) is 19.8 Å². The molecule has 10 nitrogen and oxygen atoms in total. The average molecular weight is 601 g/mol. The Morgan fingerprint density at radius 3 is 1.44 bits per heavy atom. The highest BCUT2D eigenvalue weighted by Gasteiger charge is 2.23. The molecule has 0 amide bonds. The number of aliphatic hydroxyl groups excluding tert-OH is 2. The molecule has 0 aliphatic heterocycles. The number of rotatable bonds is 19. The summed E-state index contributed by atoms with van der Waals surface area (Å²) in [7, 11) is 0. The van der Waals surface area contributed by atoms with Gasteiger partial charge in [0.1, 0.15) is 36.2 Å². The molecular formula is C33H44O10. The van der Waals surface area contributed by atoms with Crippen LogP contribution in [-0.4, -0.2) is 74.0 Å². The third-order valence-electron chi connectivity index (χ3n) is 5.94. The molecule has 2 atom stereocenters. The lowest BCUT2D eigenvalue weighted by Gasteiger charge is -2.23. The smallest absolute Gasteiger partial charge is 0.338 e. The van der Waals surface area contributed by atoms with Gasteiger partial charge in [0, 0.05) is 40.3 Å². The van der Waals surface area contributed by atoms with Crippen molar-refractivity contribution in [2.75, 3.05) is 39.6 Å². The monoisotopic (exact) mass is 600 g/mol. The van der Waals surface area contributed by atoms with Crippen LogP contribution in [-0.2, 0) is 19.1 Å². The highest BCUT2D eigenvalue weighted by molar-refractivity contribution is 5.89. The predicted octanol–water partition coefficient (Wildman–Crippen LogP) is 4.74. The minimum absolute atomic E-state index is 0.175. The van der Waals surface area contributed by atoms with E-state index in [4.69, 9.17) is 28.4 Å². The van der Waals surface area contributed by atoms with Crippen LogP contribution in [0.15, 0.2) is 60.7 Å². The van der Waals surface area contributed by atoms with Crippen LogP contribution in [0, 0.1) is 0 Å².